The fourth-order valence-corrected chi connectivity index (χ4v) is 12.8. The molecule has 0 aromatic carbocycles. The number of aliphatic hydroxyl groups excluding tert-OH is 1. The van der Waals surface area contributed by atoms with Gasteiger partial charge in [-0.25, -0.2) is 0 Å². The minimum atomic E-state index is -1.93. The van der Waals surface area contributed by atoms with Crippen LogP contribution < -0.4 is 0 Å². The average molecular weight is 662 g/mol. The molecule has 17 atom stereocenters. The topological polar surface area (TPSA) is 163 Å². The molecule has 3 saturated heterocycles. The van der Waals surface area contributed by atoms with Crippen LogP contribution in [0.1, 0.15) is 93.4 Å². The monoisotopic (exact) mass is 661 g/mol. The van der Waals surface area contributed by atoms with Crippen LogP contribution in [0, 0.1) is 52.8 Å². The highest BCUT2D eigenvalue weighted by molar-refractivity contribution is 5.80. The van der Waals surface area contributed by atoms with Crippen LogP contribution in [0.5, 0.6) is 0 Å². The zero-order valence-corrected chi connectivity index (χ0v) is 29.0. The lowest BCUT2D eigenvalue weighted by molar-refractivity contribution is -0.297. The van der Waals surface area contributed by atoms with Crippen molar-refractivity contribution in [1.82, 2.24) is 4.90 Å². The van der Waals surface area contributed by atoms with E-state index in [9.17, 15) is 34.8 Å². The van der Waals surface area contributed by atoms with Crippen molar-refractivity contribution in [1.29, 1.82) is 0 Å². The smallest absolute Gasteiger partial charge is 0.309 e. The largest absolute Gasteiger partial charge is 0.462 e. The standard InChI is InChI=1S/C36H55NO10/c1-8-18(3)31(41)46-30-28(40)27-21(16-37-15-17(2)9-10-26(37)33(27,7)42)23-14-34-29(35(23,30)43)24(45-20(5)39)13-25-32(34,6)12-11-22(19(4)38)36(25,44)47-34/h17-18,21-30,40,42-44H,8-16H2,1-7H3/t17-,18+,21-,22+,23-,24+,25-,26+,27+,28+,29+,30-,32-,33+,34+,35-,36+/m0/s1. The lowest BCUT2D eigenvalue weighted by Crippen LogP contribution is -2.77. The number of rotatable bonds is 5. The molecule has 11 heteroatoms. The molecule has 0 unspecified atom stereocenters. The second kappa shape index (κ2) is 10.7. The van der Waals surface area contributed by atoms with Gasteiger partial charge >= 0.3 is 11.9 Å². The number of ketones is 1. The van der Waals surface area contributed by atoms with Gasteiger partial charge in [-0.05, 0) is 76.5 Å². The van der Waals surface area contributed by atoms with E-state index in [4.69, 9.17) is 14.2 Å². The predicted octanol–water partition coefficient (Wildman–Crippen LogP) is 2.20. The molecule has 4 saturated carbocycles. The molecule has 0 aromatic heterocycles. The van der Waals surface area contributed by atoms with Gasteiger partial charge in [-0.3, -0.25) is 19.3 Å². The summed E-state index contributed by atoms with van der Waals surface area (Å²) in [5, 5.41) is 50.8. The maximum absolute atomic E-state index is 13.6. The highest BCUT2D eigenvalue weighted by Gasteiger charge is 2.87. The maximum Gasteiger partial charge on any atom is 0.309 e. The van der Waals surface area contributed by atoms with Crippen molar-refractivity contribution >= 4 is 17.7 Å². The van der Waals surface area contributed by atoms with Gasteiger partial charge in [0, 0.05) is 43.3 Å². The molecule has 3 aliphatic heterocycles. The number of nitrogens with zero attached hydrogens (tertiary/aromatic N) is 1. The van der Waals surface area contributed by atoms with Crippen LogP contribution in [0.4, 0.5) is 0 Å². The number of esters is 2. The van der Waals surface area contributed by atoms with Crippen molar-refractivity contribution in [2.45, 2.75) is 140 Å². The van der Waals surface area contributed by atoms with Crippen LogP contribution in [0.3, 0.4) is 0 Å². The van der Waals surface area contributed by atoms with Crippen molar-refractivity contribution in [3.63, 3.8) is 0 Å². The normalized spacial score (nSPS) is 55.2. The third kappa shape index (κ3) is 4.22. The molecule has 0 radical (unpaired) electrons. The van der Waals surface area contributed by atoms with E-state index in [0.29, 0.717) is 31.7 Å². The minimum Gasteiger partial charge on any atom is -0.462 e. The number of carbonyl (C=O) groups is 3. The molecule has 4 aliphatic carbocycles. The zero-order chi connectivity index (χ0) is 34.2. The first kappa shape index (κ1) is 33.8. The zero-order valence-electron chi connectivity index (χ0n) is 29.0. The molecule has 3 heterocycles. The van der Waals surface area contributed by atoms with Crippen molar-refractivity contribution in [3.05, 3.63) is 0 Å². The molecule has 4 N–H and O–H groups in total. The Morgan fingerprint density at radius 2 is 1.74 bits per heavy atom. The molecule has 4 bridgehead atoms. The summed E-state index contributed by atoms with van der Waals surface area (Å²) < 4.78 is 19.2. The Bertz CT molecular complexity index is 1340. The first-order valence-electron chi connectivity index (χ1n) is 18.1. The Labute approximate surface area is 277 Å². The number of fused-ring (bicyclic) bond motifs is 5. The van der Waals surface area contributed by atoms with Gasteiger partial charge in [0.2, 0.25) is 0 Å². The van der Waals surface area contributed by atoms with Crippen molar-refractivity contribution in [2.75, 3.05) is 13.1 Å². The summed E-state index contributed by atoms with van der Waals surface area (Å²) in [6.07, 6.45) is -0.235. The molecule has 0 amide bonds. The summed E-state index contributed by atoms with van der Waals surface area (Å²) in [5.74, 6) is -7.31. The molecule has 7 aliphatic rings. The highest BCUT2D eigenvalue weighted by Crippen LogP contribution is 2.78. The van der Waals surface area contributed by atoms with Crippen molar-refractivity contribution < 1.29 is 49.0 Å². The van der Waals surface area contributed by atoms with Crippen LogP contribution in [0.25, 0.3) is 0 Å². The van der Waals surface area contributed by atoms with E-state index < -0.39 is 99.7 Å². The Hall–Kier alpha value is -1.63. The van der Waals surface area contributed by atoms with Crippen LogP contribution in [-0.4, -0.2) is 103 Å². The molecule has 0 aromatic rings. The Kier molecular flexibility index (Phi) is 7.70. The number of Topliss-reactive ketones (excluding diaryl/α,β-unsaturated/α-hetero) is 1. The van der Waals surface area contributed by atoms with E-state index in [2.05, 4.69) is 18.7 Å². The van der Waals surface area contributed by atoms with Crippen LogP contribution in [0.15, 0.2) is 0 Å². The van der Waals surface area contributed by atoms with E-state index in [-0.39, 0.29) is 24.7 Å². The lowest BCUT2D eigenvalue weighted by Gasteiger charge is -2.64. The number of carbonyl (C=O) groups excluding carboxylic acids is 3. The lowest BCUT2D eigenvalue weighted by atomic mass is 9.48. The first-order valence-corrected chi connectivity index (χ1v) is 18.1. The Morgan fingerprint density at radius 1 is 1.04 bits per heavy atom. The summed E-state index contributed by atoms with van der Waals surface area (Å²) >= 11 is 0. The SMILES string of the molecule is CC[C@@H](C)C(=O)O[C@H]1[C@H](O)[C@H]2[C@@H](CN3C[C@@H](C)CC[C@@H]3[C@@]2(C)O)[C@@H]2C[C@]34O[C@]5(O)[C@@H](C(C)=O)CC[C@@]3(C)[C@@H]5C[C@@H](OC(C)=O)[C@H]4[C@@]21O. The first-order chi connectivity index (χ1) is 21.9. The number of aliphatic hydroxyl groups is 4. The Morgan fingerprint density at radius 3 is 2.38 bits per heavy atom. The summed E-state index contributed by atoms with van der Waals surface area (Å²) in [6, 6.07) is -0.205. The van der Waals surface area contributed by atoms with E-state index in [1.54, 1.807) is 13.8 Å². The van der Waals surface area contributed by atoms with Gasteiger partial charge in [-0.2, -0.15) is 0 Å². The maximum atomic E-state index is 13.6. The Balaban J connectivity index is 1.43. The van der Waals surface area contributed by atoms with Gasteiger partial charge in [0.15, 0.2) is 11.9 Å². The van der Waals surface area contributed by atoms with Gasteiger partial charge in [-0.1, -0.05) is 27.7 Å². The van der Waals surface area contributed by atoms with E-state index in [0.717, 1.165) is 19.4 Å². The molecular formula is C36H55NO10. The van der Waals surface area contributed by atoms with E-state index >= 15 is 0 Å². The van der Waals surface area contributed by atoms with E-state index in [1.807, 2.05) is 6.92 Å². The second-order valence-electron chi connectivity index (χ2n) is 17.2. The molecule has 7 rings (SSSR count). The van der Waals surface area contributed by atoms with Gasteiger partial charge in [0.05, 0.1) is 35.1 Å². The van der Waals surface area contributed by atoms with Gasteiger partial charge < -0.3 is 34.6 Å². The van der Waals surface area contributed by atoms with Crippen molar-refractivity contribution in [3.8, 4) is 0 Å². The average Bonchev–Trinajstić information content (AvgIpc) is 3.24. The number of hydrogen-bond donors (Lipinski definition) is 4. The van der Waals surface area contributed by atoms with Crippen LogP contribution >= 0.6 is 0 Å². The van der Waals surface area contributed by atoms with Crippen LogP contribution in [-0.2, 0) is 28.6 Å². The van der Waals surface area contributed by atoms with Gasteiger partial charge in [-0.15, -0.1) is 0 Å². The fourth-order valence-electron chi connectivity index (χ4n) is 12.8. The minimum absolute atomic E-state index is 0.150. The van der Waals surface area contributed by atoms with Gasteiger partial charge in [0.25, 0.3) is 0 Å². The third-order valence-corrected chi connectivity index (χ3v) is 14.9. The quantitative estimate of drug-likeness (QED) is 0.320. The van der Waals surface area contributed by atoms with Crippen LogP contribution in [0.2, 0.25) is 0 Å². The molecule has 11 nitrogen and oxygen atoms in total. The molecule has 1 spiro atoms. The summed E-state index contributed by atoms with van der Waals surface area (Å²) in [7, 11) is 0. The third-order valence-electron chi connectivity index (χ3n) is 14.9. The second-order valence-corrected chi connectivity index (χ2v) is 17.2. The number of hydrogen-bond acceptors (Lipinski definition) is 11. The molecule has 264 valence electrons. The molecule has 7 fully saturated rings. The van der Waals surface area contributed by atoms with Gasteiger partial charge in [0.1, 0.15) is 17.5 Å². The predicted molar refractivity (Wildman–Crippen MR) is 167 cm³/mol. The fraction of sp³-hybridized carbons (Fsp3) is 0.917. The summed E-state index contributed by atoms with van der Waals surface area (Å²) in [5.41, 5.74) is -5.26. The van der Waals surface area contributed by atoms with E-state index in [1.165, 1.54) is 13.8 Å². The number of piperidine rings is 2. The molecular weight excluding hydrogens is 606 g/mol. The number of ether oxygens (including phenoxy) is 3. The molecule has 47 heavy (non-hydrogen) atoms. The summed E-state index contributed by atoms with van der Waals surface area (Å²) in [6.45, 7) is 13.7. The highest BCUT2D eigenvalue weighted by atomic mass is 16.7. The van der Waals surface area contributed by atoms with Crippen molar-refractivity contribution in [2.24, 2.45) is 52.8 Å². The summed E-state index contributed by atoms with van der Waals surface area (Å²) in [4.78, 5) is 41.6.